The van der Waals surface area contributed by atoms with Crippen LogP contribution in [0.25, 0.3) is 0 Å². The molecule has 0 unspecified atom stereocenters. The maximum atomic E-state index is 10.3. The molecule has 0 aliphatic rings. The summed E-state index contributed by atoms with van der Waals surface area (Å²) in [6.45, 7) is 0. The van der Waals surface area contributed by atoms with Gasteiger partial charge in [-0.3, -0.25) is 4.79 Å². The molecular formula is C9H5BrClNO. The predicted octanol–water partition coefficient (Wildman–Crippen LogP) is 1.94. The topological polar surface area (TPSA) is 43.1 Å². The quantitative estimate of drug-likeness (QED) is 0.710. The Hall–Kier alpha value is -0.980. The summed E-state index contributed by atoms with van der Waals surface area (Å²) in [6.07, 6.45) is 0. The van der Waals surface area contributed by atoms with E-state index < -0.39 is 5.91 Å². The van der Waals surface area contributed by atoms with E-state index >= 15 is 0 Å². The molecule has 1 aromatic rings. The van der Waals surface area contributed by atoms with Crippen molar-refractivity contribution >= 4 is 33.4 Å². The Bertz CT molecular complexity index is 406. The molecule has 13 heavy (non-hydrogen) atoms. The van der Waals surface area contributed by atoms with Crippen molar-refractivity contribution in [1.82, 2.24) is 0 Å². The largest absolute Gasteiger partial charge is 0.359 e. The fourth-order valence-corrected chi connectivity index (χ4v) is 1.20. The van der Waals surface area contributed by atoms with E-state index in [1.54, 1.807) is 18.2 Å². The number of hydrogen-bond donors (Lipinski definition) is 1. The van der Waals surface area contributed by atoms with Crippen molar-refractivity contribution in [2.75, 3.05) is 0 Å². The molecule has 2 N–H and O–H groups in total. The summed E-state index contributed by atoms with van der Waals surface area (Å²) in [4.78, 5) is 10.3. The van der Waals surface area contributed by atoms with Crippen molar-refractivity contribution in [3.63, 3.8) is 0 Å². The van der Waals surface area contributed by atoms with Crippen molar-refractivity contribution in [2.45, 2.75) is 0 Å². The summed E-state index contributed by atoms with van der Waals surface area (Å²) in [5, 5.41) is 0.602. The van der Waals surface area contributed by atoms with E-state index in [1.807, 2.05) is 0 Å². The molecule has 1 amide bonds. The zero-order chi connectivity index (χ0) is 9.84. The Morgan fingerprint density at radius 1 is 1.54 bits per heavy atom. The van der Waals surface area contributed by atoms with Gasteiger partial charge in [-0.1, -0.05) is 17.5 Å². The third kappa shape index (κ3) is 3.10. The first-order valence-corrected chi connectivity index (χ1v) is 4.53. The van der Waals surface area contributed by atoms with Crippen molar-refractivity contribution in [3.05, 3.63) is 33.3 Å². The normalized spacial score (nSPS) is 8.77. The van der Waals surface area contributed by atoms with Gasteiger partial charge in [0.15, 0.2) is 0 Å². The summed E-state index contributed by atoms with van der Waals surface area (Å²) in [5.74, 6) is 4.19. The van der Waals surface area contributed by atoms with Crippen LogP contribution in [0, 0.1) is 11.8 Å². The van der Waals surface area contributed by atoms with Gasteiger partial charge in [-0.05, 0) is 40.0 Å². The third-order valence-corrected chi connectivity index (χ3v) is 2.46. The van der Waals surface area contributed by atoms with Crippen LogP contribution in [-0.2, 0) is 4.79 Å². The fraction of sp³-hybridized carbons (Fsp3) is 0. The maximum absolute atomic E-state index is 10.3. The Morgan fingerprint density at radius 2 is 2.23 bits per heavy atom. The first-order chi connectivity index (χ1) is 6.09. The van der Waals surface area contributed by atoms with Crippen LogP contribution in [0.15, 0.2) is 22.7 Å². The monoisotopic (exact) mass is 257 g/mol. The van der Waals surface area contributed by atoms with Crippen LogP contribution in [0.4, 0.5) is 0 Å². The van der Waals surface area contributed by atoms with Crippen molar-refractivity contribution < 1.29 is 4.79 Å². The highest BCUT2D eigenvalue weighted by atomic mass is 79.9. The molecule has 0 saturated heterocycles. The number of nitrogens with two attached hydrogens (primary N) is 1. The van der Waals surface area contributed by atoms with Gasteiger partial charge >= 0.3 is 0 Å². The number of carbonyl (C=O) groups excluding carboxylic acids is 1. The molecule has 4 heteroatoms. The average Bonchev–Trinajstić information content (AvgIpc) is 2.07. The zero-order valence-electron chi connectivity index (χ0n) is 6.47. The van der Waals surface area contributed by atoms with Gasteiger partial charge in [-0.25, -0.2) is 0 Å². The zero-order valence-corrected chi connectivity index (χ0v) is 8.82. The van der Waals surface area contributed by atoms with Gasteiger partial charge in [0, 0.05) is 10.0 Å². The number of benzene rings is 1. The van der Waals surface area contributed by atoms with E-state index in [0.29, 0.717) is 10.6 Å². The van der Waals surface area contributed by atoms with E-state index in [0.717, 1.165) is 4.47 Å². The number of carbonyl (C=O) groups is 1. The van der Waals surface area contributed by atoms with Crippen LogP contribution >= 0.6 is 27.5 Å². The molecule has 0 bridgehead atoms. The molecule has 0 aromatic heterocycles. The molecule has 0 fully saturated rings. The SMILES string of the molecule is NC(=O)C#Cc1ccc(Cl)c(Br)c1. The third-order valence-electron chi connectivity index (χ3n) is 1.25. The smallest absolute Gasteiger partial charge is 0.293 e. The summed E-state index contributed by atoms with van der Waals surface area (Å²) >= 11 is 8.99. The number of halogens is 2. The number of rotatable bonds is 0. The summed E-state index contributed by atoms with van der Waals surface area (Å²) in [6, 6.07) is 5.12. The van der Waals surface area contributed by atoms with Crippen molar-refractivity contribution in [3.8, 4) is 11.8 Å². The van der Waals surface area contributed by atoms with Gasteiger partial charge in [0.05, 0.1) is 5.02 Å². The first-order valence-electron chi connectivity index (χ1n) is 3.36. The van der Waals surface area contributed by atoms with Crippen LogP contribution in [-0.4, -0.2) is 5.91 Å². The molecule has 0 saturated carbocycles. The van der Waals surface area contributed by atoms with E-state index in [1.165, 1.54) is 0 Å². The van der Waals surface area contributed by atoms with Crippen molar-refractivity contribution in [1.29, 1.82) is 0 Å². The molecule has 0 heterocycles. The van der Waals surface area contributed by atoms with E-state index in [-0.39, 0.29) is 0 Å². The molecule has 0 radical (unpaired) electrons. The van der Waals surface area contributed by atoms with Gasteiger partial charge < -0.3 is 5.73 Å². The molecule has 1 aromatic carbocycles. The molecule has 0 aliphatic heterocycles. The standard InChI is InChI=1S/C9H5BrClNO/c10-7-5-6(1-3-8(7)11)2-4-9(12)13/h1,3,5H,(H2,12,13). The second-order valence-corrected chi connectivity index (χ2v) is 3.50. The van der Waals surface area contributed by atoms with E-state index in [9.17, 15) is 4.79 Å². The summed E-state index contributed by atoms with van der Waals surface area (Å²) in [5.41, 5.74) is 5.55. The molecule has 0 spiro atoms. The molecule has 0 aliphatic carbocycles. The van der Waals surface area contributed by atoms with Gasteiger partial charge in [-0.2, -0.15) is 0 Å². The van der Waals surface area contributed by atoms with Crippen molar-refractivity contribution in [2.24, 2.45) is 5.73 Å². The minimum atomic E-state index is -0.647. The predicted molar refractivity (Wildman–Crippen MR) is 55.2 cm³/mol. The average molecular weight is 259 g/mol. The van der Waals surface area contributed by atoms with Gasteiger partial charge in [0.2, 0.25) is 0 Å². The fourth-order valence-electron chi connectivity index (χ4n) is 0.708. The number of amides is 1. The van der Waals surface area contributed by atoms with Gasteiger partial charge in [0.25, 0.3) is 5.91 Å². The Labute approximate surface area is 89.2 Å². The van der Waals surface area contributed by atoms with E-state index in [2.05, 4.69) is 27.8 Å². The lowest BCUT2D eigenvalue weighted by Gasteiger charge is -1.94. The maximum Gasteiger partial charge on any atom is 0.293 e. The minimum absolute atomic E-state index is 0.602. The van der Waals surface area contributed by atoms with Crippen LogP contribution < -0.4 is 5.73 Å². The van der Waals surface area contributed by atoms with Crippen LogP contribution in [0.5, 0.6) is 0 Å². The lowest BCUT2D eigenvalue weighted by molar-refractivity contribution is -0.112. The molecule has 2 nitrogen and oxygen atoms in total. The molecule has 1 rings (SSSR count). The lowest BCUT2D eigenvalue weighted by Crippen LogP contribution is -2.06. The summed E-state index contributed by atoms with van der Waals surface area (Å²) < 4.78 is 0.741. The highest BCUT2D eigenvalue weighted by Crippen LogP contribution is 2.22. The molecular weight excluding hydrogens is 253 g/mol. The minimum Gasteiger partial charge on any atom is -0.359 e. The Morgan fingerprint density at radius 3 is 2.77 bits per heavy atom. The van der Waals surface area contributed by atoms with Crippen LogP contribution in [0.1, 0.15) is 5.56 Å². The van der Waals surface area contributed by atoms with Crippen LogP contribution in [0.3, 0.4) is 0 Å². The second kappa shape index (κ2) is 4.31. The first kappa shape index (κ1) is 10.1. The highest BCUT2D eigenvalue weighted by Gasteiger charge is 1.96. The van der Waals surface area contributed by atoms with E-state index in [4.69, 9.17) is 17.3 Å². The number of primary amides is 1. The Balaban J connectivity index is 3.00. The van der Waals surface area contributed by atoms with Gasteiger partial charge in [0.1, 0.15) is 0 Å². The molecule has 66 valence electrons. The van der Waals surface area contributed by atoms with Crippen LogP contribution in [0.2, 0.25) is 5.02 Å². The van der Waals surface area contributed by atoms with Gasteiger partial charge in [-0.15, -0.1) is 0 Å². The summed E-state index contributed by atoms with van der Waals surface area (Å²) in [7, 11) is 0. The highest BCUT2D eigenvalue weighted by molar-refractivity contribution is 9.10. The Kier molecular flexibility index (Phi) is 3.35. The molecule has 0 atom stereocenters. The number of hydrogen-bond acceptors (Lipinski definition) is 1. The lowest BCUT2D eigenvalue weighted by atomic mass is 10.2. The second-order valence-electron chi connectivity index (χ2n) is 2.24.